The van der Waals surface area contributed by atoms with Gasteiger partial charge in [0.05, 0.1) is 11.3 Å². The van der Waals surface area contributed by atoms with Crippen LogP contribution in [0, 0.1) is 5.41 Å². The molecular weight excluding hydrogens is 194 g/mol. The maximum absolute atomic E-state index is 11.7. The third-order valence-electron chi connectivity index (χ3n) is 2.79. The van der Waals surface area contributed by atoms with E-state index in [4.69, 9.17) is 5.11 Å². The van der Waals surface area contributed by atoms with Gasteiger partial charge in [-0.3, -0.25) is 4.79 Å². The summed E-state index contributed by atoms with van der Waals surface area (Å²) in [5, 5.41) is 8.95. The maximum Gasteiger partial charge on any atom is 0.337 e. The Morgan fingerprint density at radius 2 is 2.13 bits per heavy atom. The second-order valence-electron chi connectivity index (χ2n) is 4.80. The van der Waals surface area contributed by atoms with Crippen molar-refractivity contribution in [2.24, 2.45) is 5.41 Å². The molecule has 0 aliphatic heterocycles. The lowest BCUT2D eigenvalue weighted by Gasteiger charge is -2.28. The Hall–Kier alpha value is -1.58. The fraction of sp³-hybridized carbons (Fsp3) is 0.455. The number of aromatic amines is 1. The second-order valence-corrected chi connectivity index (χ2v) is 4.80. The molecule has 1 aromatic heterocycles. The van der Waals surface area contributed by atoms with E-state index < -0.39 is 5.97 Å². The molecule has 0 radical (unpaired) electrons. The van der Waals surface area contributed by atoms with Crippen molar-refractivity contribution in [2.75, 3.05) is 0 Å². The molecule has 0 spiro atoms. The summed E-state index contributed by atoms with van der Waals surface area (Å²) in [7, 11) is 0. The molecule has 0 saturated carbocycles. The SMILES string of the molecule is CC1(C)CC(=O)c2[nH]cc(C(=O)O)c2C1. The van der Waals surface area contributed by atoms with Crippen molar-refractivity contribution in [3.8, 4) is 0 Å². The van der Waals surface area contributed by atoms with Crippen molar-refractivity contribution < 1.29 is 14.7 Å². The van der Waals surface area contributed by atoms with Crippen molar-refractivity contribution in [3.63, 3.8) is 0 Å². The molecule has 1 heterocycles. The van der Waals surface area contributed by atoms with Crippen LogP contribution in [0.15, 0.2) is 6.20 Å². The van der Waals surface area contributed by atoms with Crippen molar-refractivity contribution in [1.29, 1.82) is 0 Å². The minimum Gasteiger partial charge on any atom is -0.478 e. The van der Waals surface area contributed by atoms with Gasteiger partial charge < -0.3 is 10.1 Å². The first-order valence-corrected chi connectivity index (χ1v) is 4.87. The van der Waals surface area contributed by atoms with Crippen LogP contribution in [0.25, 0.3) is 0 Å². The van der Waals surface area contributed by atoms with E-state index in [0.717, 1.165) is 0 Å². The maximum atomic E-state index is 11.7. The summed E-state index contributed by atoms with van der Waals surface area (Å²) in [6.45, 7) is 3.96. The van der Waals surface area contributed by atoms with E-state index in [1.807, 2.05) is 13.8 Å². The average Bonchev–Trinajstić information content (AvgIpc) is 2.45. The summed E-state index contributed by atoms with van der Waals surface area (Å²) in [4.78, 5) is 25.4. The summed E-state index contributed by atoms with van der Waals surface area (Å²) in [6.07, 6.45) is 2.52. The number of nitrogens with one attached hydrogen (secondary N) is 1. The first-order valence-electron chi connectivity index (χ1n) is 4.87. The first-order chi connectivity index (χ1) is 6.91. The predicted molar refractivity (Wildman–Crippen MR) is 54.2 cm³/mol. The Morgan fingerprint density at radius 3 is 2.73 bits per heavy atom. The molecule has 2 N–H and O–H groups in total. The standard InChI is InChI=1S/C11H13NO3/c1-11(2)3-6-7(10(14)15)5-12-9(6)8(13)4-11/h5,12H,3-4H2,1-2H3,(H,14,15). The van der Waals surface area contributed by atoms with Crippen LogP contribution < -0.4 is 0 Å². The summed E-state index contributed by atoms with van der Waals surface area (Å²) >= 11 is 0. The van der Waals surface area contributed by atoms with E-state index in [1.54, 1.807) is 0 Å². The van der Waals surface area contributed by atoms with E-state index in [1.165, 1.54) is 6.20 Å². The van der Waals surface area contributed by atoms with Crippen LogP contribution in [0.1, 0.15) is 46.7 Å². The zero-order chi connectivity index (χ0) is 11.2. The number of Topliss-reactive ketones (excluding diaryl/α,β-unsaturated/α-hetero) is 1. The number of carbonyl (C=O) groups is 2. The molecule has 0 saturated heterocycles. The fourth-order valence-corrected chi connectivity index (χ4v) is 2.14. The molecule has 80 valence electrons. The number of ketones is 1. The number of carboxylic acids is 1. The minimum atomic E-state index is -0.974. The van der Waals surface area contributed by atoms with Gasteiger partial charge in [-0.15, -0.1) is 0 Å². The van der Waals surface area contributed by atoms with Gasteiger partial charge in [0.25, 0.3) is 0 Å². The van der Waals surface area contributed by atoms with E-state index in [-0.39, 0.29) is 16.8 Å². The van der Waals surface area contributed by atoms with Gasteiger partial charge in [-0.25, -0.2) is 4.79 Å². The van der Waals surface area contributed by atoms with Crippen LogP contribution in [0.4, 0.5) is 0 Å². The molecule has 1 aliphatic rings. The first kappa shape index (κ1) is 9.96. The summed E-state index contributed by atoms with van der Waals surface area (Å²) < 4.78 is 0. The highest BCUT2D eigenvalue weighted by Crippen LogP contribution is 2.35. The quantitative estimate of drug-likeness (QED) is 0.738. The lowest BCUT2D eigenvalue weighted by atomic mass is 9.75. The van der Waals surface area contributed by atoms with Crippen molar-refractivity contribution in [2.45, 2.75) is 26.7 Å². The van der Waals surface area contributed by atoms with Gasteiger partial charge in [-0.05, 0) is 17.4 Å². The zero-order valence-corrected chi connectivity index (χ0v) is 8.76. The van der Waals surface area contributed by atoms with Crippen LogP contribution in [0.2, 0.25) is 0 Å². The third-order valence-corrected chi connectivity index (χ3v) is 2.79. The van der Waals surface area contributed by atoms with Crippen LogP contribution in [-0.4, -0.2) is 21.8 Å². The number of H-pyrrole nitrogens is 1. The average molecular weight is 207 g/mol. The van der Waals surface area contributed by atoms with Crippen LogP contribution in [0.5, 0.6) is 0 Å². The molecule has 15 heavy (non-hydrogen) atoms. The zero-order valence-electron chi connectivity index (χ0n) is 8.76. The van der Waals surface area contributed by atoms with Crippen LogP contribution in [-0.2, 0) is 6.42 Å². The molecule has 4 nitrogen and oxygen atoms in total. The Bertz CT molecular complexity index is 429. The molecule has 0 bridgehead atoms. The van der Waals surface area contributed by atoms with Gasteiger partial charge in [0, 0.05) is 12.6 Å². The minimum absolute atomic E-state index is 0.00810. The number of hydrogen-bond donors (Lipinski definition) is 2. The second kappa shape index (κ2) is 2.95. The largest absolute Gasteiger partial charge is 0.478 e. The smallest absolute Gasteiger partial charge is 0.337 e. The fourth-order valence-electron chi connectivity index (χ4n) is 2.14. The van der Waals surface area contributed by atoms with Crippen molar-refractivity contribution in [3.05, 3.63) is 23.0 Å². The Labute approximate surface area is 87.3 Å². The van der Waals surface area contributed by atoms with Crippen molar-refractivity contribution in [1.82, 2.24) is 4.98 Å². The number of aromatic carboxylic acids is 1. The predicted octanol–water partition coefficient (Wildman–Crippen LogP) is 1.87. The molecular formula is C11H13NO3. The summed E-state index contributed by atoms with van der Waals surface area (Å²) in [6, 6.07) is 0. The molecule has 0 unspecified atom stereocenters. The lowest BCUT2D eigenvalue weighted by Crippen LogP contribution is -2.27. The molecule has 1 aromatic rings. The molecule has 0 atom stereocenters. The van der Waals surface area contributed by atoms with Crippen LogP contribution in [0.3, 0.4) is 0 Å². The number of aromatic nitrogens is 1. The molecule has 1 aliphatic carbocycles. The number of fused-ring (bicyclic) bond motifs is 1. The lowest BCUT2D eigenvalue weighted by molar-refractivity contribution is 0.0695. The van der Waals surface area contributed by atoms with Gasteiger partial charge >= 0.3 is 5.97 Å². The van der Waals surface area contributed by atoms with Gasteiger partial charge in [-0.2, -0.15) is 0 Å². The highest BCUT2D eigenvalue weighted by Gasteiger charge is 2.34. The molecule has 2 rings (SSSR count). The van der Waals surface area contributed by atoms with E-state index in [9.17, 15) is 9.59 Å². The van der Waals surface area contributed by atoms with E-state index in [0.29, 0.717) is 24.1 Å². The van der Waals surface area contributed by atoms with Gasteiger partial charge in [0.1, 0.15) is 0 Å². The molecule has 0 fully saturated rings. The highest BCUT2D eigenvalue weighted by molar-refractivity contribution is 6.01. The molecule has 4 heteroatoms. The van der Waals surface area contributed by atoms with Crippen LogP contribution >= 0.6 is 0 Å². The van der Waals surface area contributed by atoms with Gasteiger partial charge in [0.15, 0.2) is 5.78 Å². The molecule has 0 amide bonds. The number of carbonyl (C=O) groups excluding carboxylic acids is 1. The van der Waals surface area contributed by atoms with E-state index in [2.05, 4.69) is 4.98 Å². The summed E-state index contributed by atoms with van der Waals surface area (Å²) in [5.74, 6) is -0.966. The summed E-state index contributed by atoms with van der Waals surface area (Å²) in [5.41, 5.74) is 1.22. The number of carboxylic acid groups (broad SMARTS) is 1. The topological polar surface area (TPSA) is 70.2 Å². The van der Waals surface area contributed by atoms with Crippen molar-refractivity contribution >= 4 is 11.8 Å². The Morgan fingerprint density at radius 1 is 1.47 bits per heavy atom. The normalized spacial score (nSPS) is 18.7. The Balaban J connectivity index is 2.54. The van der Waals surface area contributed by atoms with E-state index >= 15 is 0 Å². The molecule has 0 aromatic carbocycles. The van der Waals surface area contributed by atoms with Gasteiger partial charge in [0.2, 0.25) is 0 Å². The Kier molecular flexibility index (Phi) is 1.96. The monoisotopic (exact) mass is 207 g/mol. The number of hydrogen-bond acceptors (Lipinski definition) is 2. The third kappa shape index (κ3) is 1.56. The highest BCUT2D eigenvalue weighted by atomic mass is 16.4. The van der Waals surface area contributed by atoms with Gasteiger partial charge in [-0.1, -0.05) is 13.8 Å². The number of rotatable bonds is 1.